The number of nitrogens with one attached hydrogen (secondary N) is 1. The summed E-state index contributed by atoms with van der Waals surface area (Å²) < 4.78 is 0. The number of nitrogens with zero attached hydrogens (tertiary/aromatic N) is 4. The fourth-order valence-corrected chi connectivity index (χ4v) is 5.37. The Balaban J connectivity index is 1.08. The van der Waals surface area contributed by atoms with Gasteiger partial charge in [-0.2, -0.15) is 0 Å². The average Bonchev–Trinajstić information content (AvgIpc) is 3.31. The fourth-order valence-electron chi connectivity index (χ4n) is 5.19. The van der Waals surface area contributed by atoms with Gasteiger partial charge in [-0.05, 0) is 68.0 Å². The smallest absolute Gasteiger partial charge is 0.257 e. The summed E-state index contributed by atoms with van der Waals surface area (Å²) in [5.74, 6) is 2.20. The number of fused-ring (bicyclic) bond motifs is 1. The second-order valence-corrected chi connectivity index (χ2v) is 9.86. The Morgan fingerprint density at radius 2 is 1.94 bits per heavy atom. The standard InChI is InChI=1S/C25H32ClN5O/c1-18-6-7-21(13-23(18)26)27-9-3-10-29-14-19-16-31(17-20(19)15-29)25(32)22-5-2-8-28-24(22)30-11-4-12-30/h2,5-8,13,19-20,27H,3-4,9-12,14-17H2,1H3. The maximum Gasteiger partial charge on any atom is 0.257 e. The molecule has 0 aliphatic carbocycles. The maximum absolute atomic E-state index is 13.2. The van der Waals surface area contributed by atoms with Gasteiger partial charge in [0.15, 0.2) is 0 Å². The summed E-state index contributed by atoms with van der Waals surface area (Å²) in [6, 6.07) is 9.96. The normalized spacial score (nSPS) is 22.7. The molecule has 6 nitrogen and oxygen atoms in total. The molecule has 3 fully saturated rings. The minimum atomic E-state index is 0.155. The molecule has 1 N–H and O–H groups in total. The van der Waals surface area contributed by atoms with Crippen LogP contribution in [0.2, 0.25) is 5.02 Å². The zero-order valence-electron chi connectivity index (χ0n) is 18.8. The van der Waals surface area contributed by atoms with E-state index < -0.39 is 0 Å². The first-order chi connectivity index (χ1) is 15.6. The molecule has 0 radical (unpaired) electrons. The Bertz CT molecular complexity index is 965. The molecule has 5 rings (SSSR count). The van der Waals surface area contributed by atoms with Crippen molar-refractivity contribution >= 4 is 29.0 Å². The number of pyridine rings is 1. The van der Waals surface area contributed by atoms with E-state index in [0.29, 0.717) is 11.8 Å². The van der Waals surface area contributed by atoms with Gasteiger partial charge in [-0.1, -0.05) is 17.7 Å². The predicted molar refractivity (Wildman–Crippen MR) is 130 cm³/mol. The molecule has 2 aromatic rings. The van der Waals surface area contributed by atoms with Crippen LogP contribution in [-0.2, 0) is 0 Å². The van der Waals surface area contributed by atoms with Gasteiger partial charge in [0.2, 0.25) is 0 Å². The molecule has 0 bridgehead atoms. The average molecular weight is 454 g/mol. The second-order valence-electron chi connectivity index (χ2n) is 9.45. The molecule has 0 spiro atoms. The van der Waals surface area contributed by atoms with Crippen molar-refractivity contribution in [3.8, 4) is 0 Å². The quantitative estimate of drug-likeness (QED) is 0.647. The van der Waals surface area contributed by atoms with Crippen LogP contribution >= 0.6 is 11.6 Å². The van der Waals surface area contributed by atoms with Crippen molar-refractivity contribution in [3.63, 3.8) is 0 Å². The van der Waals surface area contributed by atoms with Gasteiger partial charge in [0.05, 0.1) is 5.56 Å². The fraction of sp³-hybridized carbons (Fsp3) is 0.520. The number of aryl methyl sites for hydroxylation is 1. The van der Waals surface area contributed by atoms with Crippen molar-refractivity contribution in [3.05, 3.63) is 52.7 Å². The number of carbonyl (C=O) groups is 1. The summed E-state index contributed by atoms with van der Waals surface area (Å²) in [6.45, 7) is 9.99. The van der Waals surface area contributed by atoms with E-state index >= 15 is 0 Å². The van der Waals surface area contributed by atoms with E-state index in [2.05, 4.69) is 37.1 Å². The molecule has 2 atom stereocenters. The van der Waals surface area contributed by atoms with Crippen molar-refractivity contribution in [1.29, 1.82) is 0 Å². The summed E-state index contributed by atoms with van der Waals surface area (Å²) in [5, 5.41) is 4.29. The van der Waals surface area contributed by atoms with Gasteiger partial charge >= 0.3 is 0 Å². The van der Waals surface area contributed by atoms with Gasteiger partial charge in [-0.15, -0.1) is 0 Å². The lowest BCUT2D eigenvalue weighted by Crippen LogP contribution is -2.40. The Morgan fingerprint density at radius 3 is 2.62 bits per heavy atom. The van der Waals surface area contributed by atoms with Gasteiger partial charge in [0.25, 0.3) is 5.91 Å². The largest absolute Gasteiger partial charge is 0.385 e. The van der Waals surface area contributed by atoms with Gasteiger partial charge in [0, 0.05) is 62.7 Å². The third-order valence-corrected chi connectivity index (χ3v) is 7.58. The lowest BCUT2D eigenvalue weighted by atomic mass is 10.0. The van der Waals surface area contributed by atoms with Crippen molar-refractivity contribution in [2.45, 2.75) is 19.8 Å². The van der Waals surface area contributed by atoms with E-state index in [1.54, 1.807) is 6.20 Å². The lowest BCUT2D eigenvalue weighted by Gasteiger charge is -2.33. The lowest BCUT2D eigenvalue weighted by molar-refractivity contribution is 0.0774. The van der Waals surface area contributed by atoms with Crippen molar-refractivity contribution in [1.82, 2.24) is 14.8 Å². The third-order valence-electron chi connectivity index (χ3n) is 7.17. The summed E-state index contributed by atoms with van der Waals surface area (Å²) in [7, 11) is 0. The number of benzene rings is 1. The minimum absolute atomic E-state index is 0.155. The van der Waals surface area contributed by atoms with E-state index in [1.165, 1.54) is 6.42 Å². The molecule has 3 saturated heterocycles. The summed E-state index contributed by atoms with van der Waals surface area (Å²) in [6.07, 6.45) is 4.08. The van der Waals surface area contributed by atoms with Crippen LogP contribution in [0, 0.1) is 18.8 Å². The van der Waals surface area contributed by atoms with Crippen LogP contribution in [0.15, 0.2) is 36.5 Å². The van der Waals surface area contributed by atoms with E-state index in [9.17, 15) is 4.79 Å². The second kappa shape index (κ2) is 9.28. The van der Waals surface area contributed by atoms with Crippen LogP contribution in [-0.4, -0.2) is 73.0 Å². The SMILES string of the molecule is Cc1ccc(NCCCN2CC3CN(C(=O)c4cccnc4N4CCC4)CC3C2)cc1Cl. The number of aromatic nitrogens is 1. The highest BCUT2D eigenvalue weighted by molar-refractivity contribution is 6.31. The van der Waals surface area contributed by atoms with Crippen LogP contribution in [0.1, 0.15) is 28.8 Å². The molecule has 3 aliphatic heterocycles. The van der Waals surface area contributed by atoms with Crippen LogP contribution in [0.5, 0.6) is 0 Å². The number of amides is 1. The first kappa shape index (κ1) is 21.5. The first-order valence-electron chi connectivity index (χ1n) is 11.8. The molecule has 7 heteroatoms. The molecule has 1 aromatic carbocycles. The number of hydrogen-bond acceptors (Lipinski definition) is 5. The molecule has 0 saturated carbocycles. The maximum atomic E-state index is 13.2. The minimum Gasteiger partial charge on any atom is -0.385 e. The summed E-state index contributed by atoms with van der Waals surface area (Å²) in [4.78, 5) is 24.6. The molecule has 2 unspecified atom stereocenters. The predicted octanol–water partition coefficient (Wildman–Crippen LogP) is 3.76. The third kappa shape index (κ3) is 4.44. The van der Waals surface area contributed by atoms with Crippen LogP contribution in [0.4, 0.5) is 11.5 Å². The molecule has 170 valence electrons. The highest BCUT2D eigenvalue weighted by atomic mass is 35.5. The molecule has 3 aliphatic rings. The first-order valence-corrected chi connectivity index (χ1v) is 12.2. The zero-order valence-corrected chi connectivity index (χ0v) is 19.5. The van der Waals surface area contributed by atoms with Gasteiger partial charge in [-0.25, -0.2) is 4.98 Å². The molecule has 4 heterocycles. The van der Waals surface area contributed by atoms with E-state index in [1.807, 2.05) is 25.1 Å². The van der Waals surface area contributed by atoms with Gasteiger partial charge < -0.3 is 20.0 Å². The van der Waals surface area contributed by atoms with E-state index in [0.717, 1.165) is 86.4 Å². The van der Waals surface area contributed by atoms with Crippen molar-refractivity contribution < 1.29 is 4.79 Å². The zero-order chi connectivity index (χ0) is 22.1. The number of carbonyl (C=O) groups excluding carboxylic acids is 1. The van der Waals surface area contributed by atoms with E-state index in [4.69, 9.17) is 11.6 Å². The molecule has 1 aromatic heterocycles. The molecular formula is C25H32ClN5O. The molecular weight excluding hydrogens is 422 g/mol. The number of anilines is 2. The highest BCUT2D eigenvalue weighted by Gasteiger charge is 2.42. The number of rotatable bonds is 7. The topological polar surface area (TPSA) is 51.7 Å². The molecule has 1 amide bonds. The Hall–Kier alpha value is -2.31. The number of likely N-dealkylation sites (tertiary alicyclic amines) is 2. The number of halogens is 1. The van der Waals surface area contributed by atoms with Crippen LogP contribution in [0.3, 0.4) is 0 Å². The van der Waals surface area contributed by atoms with Gasteiger partial charge in [-0.3, -0.25) is 4.79 Å². The van der Waals surface area contributed by atoms with Crippen LogP contribution in [0.25, 0.3) is 0 Å². The molecule has 32 heavy (non-hydrogen) atoms. The highest BCUT2D eigenvalue weighted by Crippen LogP contribution is 2.33. The monoisotopic (exact) mass is 453 g/mol. The van der Waals surface area contributed by atoms with Crippen molar-refractivity contribution in [2.24, 2.45) is 11.8 Å². The Labute approximate surface area is 195 Å². The van der Waals surface area contributed by atoms with Crippen molar-refractivity contribution in [2.75, 3.05) is 62.6 Å². The summed E-state index contributed by atoms with van der Waals surface area (Å²) >= 11 is 6.21. The Morgan fingerprint density at radius 1 is 1.16 bits per heavy atom. The number of hydrogen-bond donors (Lipinski definition) is 1. The summed E-state index contributed by atoms with van der Waals surface area (Å²) in [5.41, 5.74) is 2.96. The van der Waals surface area contributed by atoms with Gasteiger partial charge in [0.1, 0.15) is 5.82 Å². The van der Waals surface area contributed by atoms with E-state index in [-0.39, 0.29) is 5.91 Å². The van der Waals surface area contributed by atoms with Crippen LogP contribution < -0.4 is 10.2 Å². The Kier molecular flexibility index (Phi) is 6.24.